The van der Waals surface area contributed by atoms with Crippen molar-refractivity contribution in [3.8, 4) is 0 Å². The summed E-state index contributed by atoms with van der Waals surface area (Å²) in [7, 11) is 0. The Kier molecular flexibility index (Phi) is 2.85. The molecule has 0 aromatic rings. The molecule has 2 heteroatoms. The Morgan fingerprint density at radius 1 is 1.64 bits per heavy atom. The monoisotopic (exact) mass is 154 g/mol. The van der Waals surface area contributed by atoms with Gasteiger partial charge in [0, 0.05) is 0 Å². The second-order valence-electron chi connectivity index (χ2n) is 2.78. The van der Waals surface area contributed by atoms with Crippen molar-refractivity contribution in [3.63, 3.8) is 0 Å². The van der Waals surface area contributed by atoms with E-state index in [2.05, 4.69) is 6.58 Å². The zero-order valence-corrected chi connectivity index (χ0v) is 6.73. The van der Waals surface area contributed by atoms with Gasteiger partial charge >= 0.3 is 0 Å². The average Bonchev–Trinajstić information content (AvgIpc) is 1.98. The molecule has 0 saturated carbocycles. The van der Waals surface area contributed by atoms with Crippen LogP contribution in [0.15, 0.2) is 24.8 Å². The van der Waals surface area contributed by atoms with E-state index in [1.165, 1.54) is 0 Å². The molecule has 1 N–H and O–H groups in total. The minimum absolute atomic E-state index is 0.0926. The van der Waals surface area contributed by atoms with Gasteiger partial charge in [-0.25, -0.2) is 0 Å². The van der Waals surface area contributed by atoms with E-state index >= 15 is 0 Å². The highest BCUT2D eigenvalue weighted by atomic mass is 16.5. The van der Waals surface area contributed by atoms with Crippen molar-refractivity contribution in [1.82, 2.24) is 0 Å². The van der Waals surface area contributed by atoms with Crippen molar-refractivity contribution in [3.05, 3.63) is 24.8 Å². The summed E-state index contributed by atoms with van der Waals surface area (Å²) in [6, 6.07) is 0. The molecule has 0 amide bonds. The van der Waals surface area contributed by atoms with Crippen LogP contribution in [-0.4, -0.2) is 23.4 Å². The van der Waals surface area contributed by atoms with Crippen molar-refractivity contribution < 1.29 is 9.84 Å². The number of rotatable bonds is 2. The Balaban J connectivity index is 2.49. The van der Waals surface area contributed by atoms with Crippen LogP contribution < -0.4 is 0 Å². The highest BCUT2D eigenvalue weighted by Gasteiger charge is 2.20. The molecule has 0 saturated heterocycles. The number of ether oxygens (including phenoxy) is 1. The van der Waals surface area contributed by atoms with Crippen molar-refractivity contribution >= 4 is 0 Å². The van der Waals surface area contributed by atoms with Gasteiger partial charge in [-0.2, -0.15) is 0 Å². The average molecular weight is 154 g/mol. The summed E-state index contributed by atoms with van der Waals surface area (Å²) >= 11 is 0. The van der Waals surface area contributed by atoms with Crippen molar-refractivity contribution in [2.45, 2.75) is 31.7 Å². The molecule has 62 valence electrons. The van der Waals surface area contributed by atoms with Gasteiger partial charge in [0.2, 0.25) is 0 Å². The van der Waals surface area contributed by atoms with Crippen LogP contribution in [0.2, 0.25) is 0 Å². The fraction of sp³-hybridized carbons (Fsp3) is 0.556. The first kappa shape index (κ1) is 8.50. The van der Waals surface area contributed by atoms with Crippen LogP contribution in [-0.2, 0) is 4.74 Å². The van der Waals surface area contributed by atoms with Crippen molar-refractivity contribution in [1.29, 1.82) is 0 Å². The Bertz CT molecular complexity index is 163. The maximum absolute atomic E-state index is 9.23. The summed E-state index contributed by atoms with van der Waals surface area (Å²) < 4.78 is 5.43. The van der Waals surface area contributed by atoms with E-state index in [1.807, 2.05) is 19.1 Å². The predicted molar refractivity (Wildman–Crippen MR) is 44.3 cm³/mol. The summed E-state index contributed by atoms with van der Waals surface area (Å²) in [6.45, 7) is 5.49. The molecule has 0 aromatic heterocycles. The van der Waals surface area contributed by atoms with Crippen LogP contribution in [0.4, 0.5) is 0 Å². The Hall–Kier alpha value is -0.600. The lowest BCUT2D eigenvalue weighted by molar-refractivity contribution is -0.0442. The second kappa shape index (κ2) is 3.69. The van der Waals surface area contributed by atoms with Crippen LogP contribution in [0.5, 0.6) is 0 Å². The third-order valence-corrected chi connectivity index (χ3v) is 1.79. The molecule has 2 nitrogen and oxygen atoms in total. The second-order valence-corrected chi connectivity index (χ2v) is 2.78. The minimum Gasteiger partial charge on any atom is -0.386 e. The van der Waals surface area contributed by atoms with Crippen LogP contribution in [0.1, 0.15) is 13.3 Å². The van der Waals surface area contributed by atoms with Gasteiger partial charge in [0.1, 0.15) is 0 Å². The SMILES string of the molecule is C=CCC1C=CC(O)C(C)O1. The predicted octanol–water partition coefficient (Wildman–Crippen LogP) is 1.27. The first-order valence-corrected chi connectivity index (χ1v) is 3.87. The third kappa shape index (κ3) is 2.17. The smallest absolute Gasteiger partial charge is 0.0981 e. The number of aliphatic hydroxyl groups excluding tert-OH is 1. The van der Waals surface area contributed by atoms with Gasteiger partial charge in [-0.1, -0.05) is 18.2 Å². The topological polar surface area (TPSA) is 29.5 Å². The zero-order valence-electron chi connectivity index (χ0n) is 6.73. The zero-order chi connectivity index (χ0) is 8.27. The standard InChI is InChI=1S/C9H14O2/c1-3-4-8-5-6-9(10)7(2)11-8/h3,5-10H,1,4H2,2H3. The minimum atomic E-state index is -0.448. The van der Waals surface area contributed by atoms with E-state index in [1.54, 1.807) is 6.08 Å². The Labute approximate surface area is 67.2 Å². The molecular formula is C9H14O2. The molecule has 1 aliphatic rings. The molecule has 3 atom stereocenters. The fourth-order valence-corrected chi connectivity index (χ4v) is 1.09. The van der Waals surface area contributed by atoms with Gasteiger partial charge in [-0.15, -0.1) is 6.58 Å². The first-order valence-electron chi connectivity index (χ1n) is 3.87. The van der Waals surface area contributed by atoms with E-state index in [0.29, 0.717) is 0 Å². The van der Waals surface area contributed by atoms with E-state index in [0.717, 1.165) is 6.42 Å². The molecule has 0 radical (unpaired) electrons. The molecule has 1 rings (SSSR count). The van der Waals surface area contributed by atoms with Gasteiger partial charge in [0.25, 0.3) is 0 Å². The highest BCUT2D eigenvalue weighted by Crippen LogP contribution is 2.14. The molecule has 3 unspecified atom stereocenters. The van der Waals surface area contributed by atoms with Crippen LogP contribution in [0.3, 0.4) is 0 Å². The molecule has 1 heterocycles. The number of hydrogen-bond acceptors (Lipinski definition) is 2. The maximum atomic E-state index is 9.23. The molecular weight excluding hydrogens is 140 g/mol. The van der Waals surface area contributed by atoms with Crippen LogP contribution >= 0.6 is 0 Å². The van der Waals surface area contributed by atoms with E-state index < -0.39 is 6.10 Å². The van der Waals surface area contributed by atoms with E-state index in [-0.39, 0.29) is 12.2 Å². The molecule has 1 aliphatic heterocycles. The lowest BCUT2D eigenvalue weighted by atomic mass is 10.1. The molecule has 0 spiro atoms. The van der Waals surface area contributed by atoms with Crippen LogP contribution in [0.25, 0.3) is 0 Å². The number of aliphatic hydroxyl groups is 1. The first-order chi connectivity index (χ1) is 5.24. The Morgan fingerprint density at radius 3 is 2.91 bits per heavy atom. The quantitative estimate of drug-likeness (QED) is 0.607. The summed E-state index contributed by atoms with van der Waals surface area (Å²) in [6.07, 6.45) is 5.86. The largest absolute Gasteiger partial charge is 0.386 e. The normalized spacial score (nSPS) is 37.1. The maximum Gasteiger partial charge on any atom is 0.0981 e. The lowest BCUT2D eigenvalue weighted by Gasteiger charge is -2.26. The summed E-state index contributed by atoms with van der Waals surface area (Å²) in [5.41, 5.74) is 0. The molecule has 0 bridgehead atoms. The van der Waals surface area contributed by atoms with Gasteiger partial charge in [-0.05, 0) is 13.3 Å². The van der Waals surface area contributed by atoms with Crippen molar-refractivity contribution in [2.24, 2.45) is 0 Å². The lowest BCUT2D eigenvalue weighted by Crippen LogP contribution is -2.32. The molecule has 11 heavy (non-hydrogen) atoms. The third-order valence-electron chi connectivity index (χ3n) is 1.79. The van der Waals surface area contributed by atoms with Gasteiger partial charge in [0.15, 0.2) is 0 Å². The summed E-state index contributed by atoms with van der Waals surface area (Å²) in [4.78, 5) is 0. The Morgan fingerprint density at radius 2 is 2.36 bits per heavy atom. The van der Waals surface area contributed by atoms with Crippen LogP contribution in [0, 0.1) is 0 Å². The number of hydrogen-bond donors (Lipinski definition) is 1. The summed E-state index contributed by atoms with van der Waals surface area (Å²) in [5.74, 6) is 0. The van der Waals surface area contributed by atoms with E-state index in [9.17, 15) is 5.11 Å². The fourth-order valence-electron chi connectivity index (χ4n) is 1.09. The summed E-state index contributed by atoms with van der Waals surface area (Å²) in [5, 5.41) is 9.23. The molecule has 0 aromatic carbocycles. The van der Waals surface area contributed by atoms with Gasteiger partial charge in [-0.3, -0.25) is 0 Å². The molecule has 0 aliphatic carbocycles. The van der Waals surface area contributed by atoms with Gasteiger partial charge in [0.05, 0.1) is 18.3 Å². The highest BCUT2D eigenvalue weighted by molar-refractivity contribution is 5.02. The van der Waals surface area contributed by atoms with Gasteiger partial charge < -0.3 is 9.84 Å². The van der Waals surface area contributed by atoms with Crippen molar-refractivity contribution in [2.75, 3.05) is 0 Å². The molecule has 0 fully saturated rings. The van der Waals surface area contributed by atoms with E-state index in [4.69, 9.17) is 4.74 Å².